The van der Waals surface area contributed by atoms with E-state index < -0.39 is 18.0 Å². The van der Waals surface area contributed by atoms with Crippen molar-refractivity contribution in [1.29, 1.82) is 0 Å². The van der Waals surface area contributed by atoms with E-state index in [0.717, 1.165) is 19.6 Å². The number of hydrogen-bond acceptors (Lipinski definition) is 3. The summed E-state index contributed by atoms with van der Waals surface area (Å²) in [6, 6.07) is -1.22. The lowest BCUT2D eigenvalue weighted by atomic mass is 9.99. The summed E-state index contributed by atoms with van der Waals surface area (Å²) in [5.41, 5.74) is 0. The third-order valence-electron chi connectivity index (χ3n) is 4.15. The van der Waals surface area contributed by atoms with Crippen molar-refractivity contribution in [1.82, 2.24) is 15.5 Å². The van der Waals surface area contributed by atoms with Crippen molar-refractivity contribution in [3.05, 3.63) is 0 Å². The van der Waals surface area contributed by atoms with Gasteiger partial charge in [0.05, 0.1) is 0 Å². The molecule has 3 unspecified atom stereocenters. The molecule has 1 rings (SSSR count). The molecule has 21 heavy (non-hydrogen) atoms. The molecular weight excluding hydrogens is 270 g/mol. The van der Waals surface area contributed by atoms with Crippen molar-refractivity contribution in [2.24, 2.45) is 11.8 Å². The van der Waals surface area contributed by atoms with Crippen molar-refractivity contribution in [3.8, 4) is 0 Å². The zero-order chi connectivity index (χ0) is 15.8. The molecule has 1 fully saturated rings. The molecule has 6 nitrogen and oxygen atoms in total. The summed E-state index contributed by atoms with van der Waals surface area (Å²) < 4.78 is 0. The number of carbonyl (C=O) groups is 2. The molecule has 1 heterocycles. The lowest BCUT2D eigenvalue weighted by molar-refractivity contribution is -0.140. The fraction of sp³-hybridized carbons (Fsp3) is 0.867. The second-order valence-corrected chi connectivity index (χ2v) is 6.17. The quantitative estimate of drug-likeness (QED) is 0.634. The van der Waals surface area contributed by atoms with E-state index >= 15 is 0 Å². The molecule has 3 atom stereocenters. The fourth-order valence-corrected chi connectivity index (χ4v) is 2.61. The summed E-state index contributed by atoms with van der Waals surface area (Å²) in [5.74, 6) is -0.708. The minimum Gasteiger partial charge on any atom is -0.480 e. The van der Waals surface area contributed by atoms with Gasteiger partial charge in [-0.25, -0.2) is 9.59 Å². The zero-order valence-electron chi connectivity index (χ0n) is 13.4. The third kappa shape index (κ3) is 6.33. The maximum Gasteiger partial charge on any atom is 0.326 e. The average Bonchev–Trinajstić information content (AvgIpc) is 2.94. The summed E-state index contributed by atoms with van der Waals surface area (Å²) in [6.45, 7) is 9.68. The number of carboxylic acids is 1. The smallest absolute Gasteiger partial charge is 0.326 e. The third-order valence-corrected chi connectivity index (χ3v) is 4.15. The first-order chi connectivity index (χ1) is 9.93. The van der Waals surface area contributed by atoms with Crippen LogP contribution in [0.4, 0.5) is 4.79 Å². The number of aliphatic carboxylic acids is 1. The largest absolute Gasteiger partial charge is 0.480 e. The van der Waals surface area contributed by atoms with Gasteiger partial charge < -0.3 is 20.6 Å². The highest BCUT2D eigenvalue weighted by Gasteiger charge is 2.25. The van der Waals surface area contributed by atoms with E-state index in [1.165, 1.54) is 12.8 Å². The summed E-state index contributed by atoms with van der Waals surface area (Å²) in [5, 5.41) is 14.5. The maximum atomic E-state index is 11.8. The van der Waals surface area contributed by atoms with E-state index in [1.807, 2.05) is 13.8 Å². The Morgan fingerprint density at radius 2 is 1.86 bits per heavy atom. The SMILES string of the molecule is CCC(C)C(NC(=O)NCC(C)CN1CCCC1)C(=O)O. The highest BCUT2D eigenvalue weighted by molar-refractivity contribution is 5.82. The number of nitrogens with zero attached hydrogens (tertiary/aromatic N) is 1. The lowest BCUT2D eigenvalue weighted by Crippen LogP contribution is -2.50. The summed E-state index contributed by atoms with van der Waals surface area (Å²) in [6.07, 6.45) is 3.23. The van der Waals surface area contributed by atoms with Gasteiger partial charge in [0.1, 0.15) is 6.04 Å². The van der Waals surface area contributed by atoms with Crippen LogP contribution in [0.5, 0.6) is 0 Å². The molecule has 0 aromatic heterocycles. The van der Waals surface area contributed by atoms with Gasteiger partial charge >= 0.3 is 12.0 Å². The first-order valence-corrected chi connectivity index (χ1v) is 7.93. The van der Waals surface area contributed by atoms with Crippen molar-refractivity contribution < 1.29 is 14.7 Å². The molecule has 6 heteroatoms. The molecule has 0 aliphatic carbocycles. The first-order valence-electron chi connectivity index (χ1n) is 7.93. The van der Waals surface area contributed by atoms with Crippen LogP contribution in [0.3, 0.4) is 0 Å². The number of amides is 2. The second-order valence-electron chi connectivity index (χ2n) is 6.17. The van der Waals surface area contributed by atoms with E-state index in [2.05, 4.69) is 22.5 Å². The Balaban J connectivity index is 2.29. The molecule has 0 spiro atoms. The molecule has 0 bridgehead atoms. The lowest BCUT2D eigenvalue weighted by Gasteiger charge is -2.23. The molecule has 0 aromatic rings. The molecule has 1 aliphatic rings. The van der Waals surface area contributed by atoms with Gasteiger partial charge in [0.25, 0.3) is 0 Å². The number of likely N-dealkylation sites (tertiary alicyclic amines) is 1. The van der Waals surface area contributed by atoms with Crippen LogP contribution < -0.4 is 10.6 Å². The van der Waals surface area contributed by atoms with Gasteiger partial charge in [0.2, 0.25) is 0 Å². The Morgan fingerprint density at radius 3 is 2.38 bits per heavy atom. The van der Waals surface area contributed by atoms with Crippen LogP contribution in [0.15, 0.2) is 0 Å². The van der Waals surface area contributed by atoms with E-state index in [-0.39, 0.29) is 5.92 Å². The van der Waals surface area contributed by atoms with Crippen molar-refractivity contribution in [3.63, 3.8) is 0 Å². The van der Waals surface area contributed by atoms with Gasteiger partial charge in [-0.1, -0.05) is 27.2 Å². The molecule has 1 aliphatic heterocycles. The van der Waals surface area contributed by atoms with Crippen molar-refractivity contribution in [2.45, 2.75) is 46.1 Å². The Labute approximate surface area is 127 Å². The van der Waals surface area contributed by atoms with Crippen molar-refractivity contribution in [2.75, 3.05) is 26.2 Å². The molecule has 3 N–H and O–H groups in total. The number of carboxylic acid groups (broad SMARTS) is 1. The Hall–Kier alpha value is -1.30. The van der Waals surface area contributed by atoms with Gasteiger partial charge in [0, 0.05) is 13.1 Å². The summed E-state index contributed by atoms with van der Waals surface area (Å²) in [7, 11) is 0. The molecule has 2 amide bonds. The topological polar surface area (TPSA) is 81.7 Å². The minimum absolute atomic E-state index is 0.0877. The van der Waals surface area contributed by atoms with E-state index in [9.17, 15) is 9.59 Å². The maximum absolute atomic E-state index is 11.8. The number of nitrogens with one attached hydrogen (secondary N) is 2. The number of urea groups is 1. The molecule has 0 aromatic carbocycles. The molecule has 0 saturated carbocycles. The van der Waals surface area contributed by atoms with Crippen LogP contribution in [-0.2, 0) is 4.79 Å². The molecular formula is C15H29N3O3. The number of carbonyl (C=O) groups excluding carboxylic acids is 1. The van der Waals surface area contributed by atoms with Crippen LogP contribution in [0.1, 0.15) is 40.0 Å². The Kier molecular flexibility index (Phi) is 7.50. The van der Waals surface area contributed by atoms with Crippen molar-refractivity contribution >= 4 is 12.0 Å². The molecule has 1 saturated heterocycles. The molecule has 0 radical (unpaired) electrons. The van der Waals surface area contributed by atoms with E-state index in [1.54, 1.807) is 0 Å². The average molecular weight is 299 g/mol. The van der Waals surface area contributed by atoms with Gasteiger partial charge in [-0.2, -0.15) is 0 Å². The van der Waals surface area contributed by atoms with Gasteiger partial charge in [-0.15, -0.1) is 0 Å². The highest BCUT2D eigenvalue weighted by Crippen LogP contribution is 2.10. The number of rotatable bonds is 8. The van der Waals surface area contributed by atoms with Crippen LogP contribution in [0, 0.1) is 11.8 Å². The normalized spacial score (nSPS) is 19.8. The Morgan fingerprint density at radius 1 is 1.24 bits per heavy atom. The number of hydrogen-bond donors (Lipinski definition) is 3. The Bertz CT molecular complexity index is 343. The van der Waals surface area contributed by atoms with Crippen LogP contribution >= 0.6 is 0 Å². The van der Waals surface area contributed by atoms with Gasteiger partial charge in [-0.05, 0) is 37.8 Å². The van der Waals surface area contributed by atoms with E-state index in [4.69, 9.17) is 5.11 Å². The second kappa shape index (κ2) is 8.87. The van der Waals surface area contributed by atoms with Crippen LogP contribution in [0.25, 0.3) is 0 Å². The highest BCUT2D eigenvalue weighted by atomic mass is 16.4. The minimum atomic E-state index is -0.982. The zero-order valence-corrected chi connectivity index (χ0v) is 13.4. The van der Waals surface area contributed by atoms with Crippen LogP contribution in [0.2, 0.25) is 0 Å². The fourth-order valence-electron chi connectivity index (χ4n) is 2.61. The van der Waals surface area contributed by atoms with E-state index in [0.29, 0.717) is 18.9 Å². The monoisotopic (exact) mass is 299 g/mol. The summed E-state index contributed by atoms with van der Waals surface area (Å²) >= 11 is 0. The van der Waals surface area contributed by atoms with Crippen LogP contribution in [-0.4, -0.2) is 54.2 Å². The first kappa shape index (κ1) is 17.8. The predicted octanol–water partition coefficient (Wildman–Crippen LogP) is 1.52. The van der Waals surface area contributed by atoms with Gasteiger partial charge in [-0.3, -0.25) is 0 Å². The summed E-state index contributed by atoms with van der Waals surface area (Å²) in [4.78, 5) is 25.4. The molecule has 122 valence electrons. The van der Waals surface area contributed by atoms with Gasteiger partial charge in [0.15, 0.2) is 0 Å². The standard InChI is InChI=1S/C15H29N3O3/c1-4-12(3)13(14(19)20)17-15(21)16-9-11(2)10-18-7-5-6-8-18/h11-13H,4-10H2,1-3H3,(H,19,20)(H2,16,17,21). The predicted molar refractivity (Wildman–Crippen MR) is 82.3 cm³/mol.